The summed E-state index contributed by atoms with van der Waals surface area (Å²) in [5.41, 5.74) is 4.06. The maximum atomic E-state index is 11.6. The number of hydrogen-bond acceptors (Lipinski definition) is 8. The van der Waals surface area contributed by atoms with E-state index in [1.54, 1.807) is 0 Å². The highest BCUT2D eigenvalue weighted by Crippen LogP contribution is 2.27. The molecule has 4 atom stereocenters. The summed E-state index contributed by atoms with van der Waals surface area (Å²) in [5.74, 6) is -0.305. The van der Waals surface area contributed by atoms with Crippen molar-refractivity contribution in [1.29, 1.82) is 0 Å². The third-order valence-corrected chi connectivity index (χ3v) is 2.66. The van der Waals surface area contributed by atoms with Crippen molar-refractivity contribution in [3.8, 4) is 0 Å². The maximum absolute atomic E-state index is 11.6. The minimum atomic E-state index is -1.44. The van der Waals surface area contributed by atoms with Gasteiger partial charge in [-0.3, -0.25) is 4.57 Å². The first-order chi connectivity index (χ1) is 8.45. The standard InChI is InChI=1S/C8H11BN4O5/c9-6-11-7(10)12-8(17)13(6)5-4(16)3(15)2(1-14)18-5/h2-5,14-16H,1H2,(H2,10,12,17)/t2-,3+,4?,5?/m1/s1. The molecule has 9 nitrogen and oxygen atoms in total. The van der Waals surface area contributed by atoms with Crippen LogP contribution in [0.5, 0.6) is 0 Å². The van der Waals surface area contributed by atoms with E-state index in [4.69, 9.17) is 23.4 Å². The highest BCUT2D eigenvalue weighted by molar-refractivity contribution is 6.29. The van der Waals surface area contributed by atoms with Gasteiger partial charge in [-0.05, 0) is 0 Å². The van der Waals surface area contributed by atoms with Gasteiger partial charge in [0.1, 0.15) is 18.3 Å². The fourth-order valence-electron chi connectivity index (χ4n) is 1.78. The number of nitrogen functional groups attached to an aromatic ring is 1. The fourth-order valence-corrected chi connectivity index (χ4v) is 1.78. The van der Waals surface area contributed by atoms with Crippen LogP contribution in [0.4, 0.5) is 5.95 Å². The van der Waals surface area contributed by atoms with Gasteiger partial charge < -0.3 is 25.8 Å². The highest BCUT2D eigenvalue weighted by Gasteiger charge is 2.44. The van der Waals surface area contributed by atoms with Crippen LogP contribution < -0.4 is 17.1 Å². The number of nitrogens with two attached hydrogens (primary N) is 1. The molecule has 18 heavy (non-hydrogen) atoms. The predicted octanol–water partition coefficient (Wildman–Crippen LogP) is -4.37. The van der Waals surface area contributed by atoms with Gasteiger partial charge in [-0.2, -0.15) is 4.98 Å². The summed E-state index contributed by atoms with van der Waals surface area (Å²) >= 11 is 0. The number of rotatable bonds is 2. The molecule has 2 unspecified atom stereocenters. The molecule has 2 heterocycles. The van der Waals surface area contributed by atoms with Crippen LogP contribution in [0.2, 0.25) is 0 Å². The molecule has 10 heteroatoms. The van der Waals surface area contributed by atoms with E-state index in [1.807, 2.05) is 0 Å². The lowest BCUT2D eigenvalue weighted by molar-refractivity contribution is -0.0537. The average molecular weight is 254 g/mol. The Hall–Kier alpha value is -1.49. The van der Waals surface area contributed by atoms with Gasteiger partial charge in [-0.1, -0.05) is 0 Å². The van der Waals surface area contributed by atoms with Gasteiger partial charge in [-0.25, -0.2) is 9.78 Å². The molecular weight excluding hydrogens is 243 g/mol. The number of hydrogen-bond donors (Lipinski definition) is 4. The van der Waals surface area contributed by atoms with Crippen molar-refractivity contribution in [2.45, 2.75) is 24.5 Å². The summed E-state index contributed by atoms with van der Waals surface area (Å²) in [7, 11) is 5.49. The van der Waals surface area contributed by atoms with Crippen LogP contribution in [0.15, 0.2) is 4.79 Å². The molecule has 0 saturated carbocycles. The Balaban J connectivity index is 2.42. The average Bonchev–Trinajstić information content (AvgIpc) is 2.56. The Morgan fingerprint density at radius 1 is 1.39 bits per heavy atom. The molecular formula is C8H11BN4O5. The maximum Gasteiger partial charge on any atom is 0.353 e. The molecule has 0 bridgehead atoms. The van der Waals surface area contributed by atoms with E-state index >= 15 is 0 Å². The van der Waals surface area contributed by atoms with Gasteiger partial charge in [-0.15, -0.1) is 0 Å². The molecule has 1 aromatic heterocycles. The summed E-state index contributed by atoms with van der Waals surface area (Å²) in [6.45, 7) is -0.515. The van der Waals surface area contributed by atoms with E-state index in [0.717, 1.165) is 4.57 Å². The van der Waals surface area contributed by atoms with E-state index < -0.39 is 36.8 Å². The predicted molar refractivity (Wildman–Crippen MR) is 59.1 cm³/mol. The lowest BCUT2D eigenvalue weighted by Crippen LogP contribution is -2.44. The van der Waals surface area contributed by atoms with E-state index in [1.165, 1.54) is 0 Å². The monoisotopic (exact) mass is 254 g/mol. The van der Waals surface area contributed by atoms with Crippen molar-refractivity contribution < 1.29 is 20.1 Å². The molecule has 1 fully saturated rings. The SMILES string of the molecule is [B]c1nc(N)nc(=O)n1C1O[C@H](CO)[C@H](O)C1O. The summed E-state index contributed by atoms with van der Waals surface area (Å²) in [6, 6.07) is 0. The van der Waals surface area contributed by atoms with Gasteiger partial charge in [0.15, 0.2) is 14.1 Å². The largest absolute Gasteiger partial charge is 0.394 e. The van der Waals surface area contributed by atoms with E-state index in [2.05, 4.69) is 9.97 Å². The molecule has 1 aliphatic rings. The van der Waals surface area contributed by atoms with Crippen LogP contribution in [-0.2, 0) is 4.74 Å². The molecule has 5 N–H and O–H groups in total. The van der Waals surface area contributed by atoms with E-state index in [0.29, 0.717) is 0 Å². The second-order valence-corrected chi connectivity index (χ2v) is 3.82. The second-order valence-electron chi connectivity index (χ2n) is 3.82. The summed E-state index contributed by atoms with van der Waals surface area (Å²) in [4.78, 5) is 18.5. The molecule has 1 aromatic rings. The van der Waals surface area contributed by atoms with Crippen LogP contribution in [0.3, 0.4) is 0 Å². The van der Waals surface area contributed by atoms with Crippen molar-refractivity contribution in [2.75, 3.05) is 12.3 Å². The van der Waals surface area contributed by atoms with E-state index in [-0.39, 0.29) is 11.7 Å². The quantitative estimate of drug-likeness (QED) is 0.387. The van der Waals surface area contributed by atoms with Gasteiger partial charge in [0.05, 0.1) is 12.3 Å². The molecule has 0 spiro atoms. The molecule has 1 aliphatic heterocycles. The topological polar surface area (TPSA) is 144 Å². The van der Waals surface area contributed by atoms with Crippen LogP contribution in [0, 0.1) is 0 Å². The molecule has 0 amide bonds. The molecule has 0 aromatic carbocycles. The first-order valence-electron chi connectivity index (χ1n) is 5.09. The number of nitrogens with zero attached hydrogens (tertiary/aromatic N) is 3. The van der Waals surface area contributed by atoms with Gasteiger partial charge in [0.25, 0.3) is 0 Å². The fraction of sp³-hybridized carbons (Fsp3) is 0.625. The minimum absolute atomic E-state index is 0.303. The van der Waals surface area contributed by atoms with Gasteiger partial charge in [0, 0.05) is 0 Å². The second kappa shape index (κ2) is 4.65. The summed E-state index contributed by atoms with van der Waals surface area (Å²) < 4.78 is 5.90. The van der Waals surface area contributed by atoms with Crippen molar-refractivity contribution in [3.63, 3.8) is 0 Å². The zero-order valence-corrected chi connectivity index (χ0v) is 9.17. The Morgan fingerprint density at radius 3 is 2.56 bits per heavy atom. The third kappa shape index (κ3) is 1.99. The van der Waals surface area contributed by atoms with Crippen molar-refractivity contribution in [1.82, 2.24) is 14.5 Å². The molecule has 2 rings (SSSR count). The molecule has 96 valence electrons. The van der Waals surface area contributed by atoms with Crippen molar-refractivity contribution in [2.24, 2.45) is 0 Å². The summed E-state index contributed by atoms with van der Waals surface area (Å²) in [6.07, 6.45) is -5.07. The van der Waals surface area contributed by atoms with Crippen LogP contribution in [-0.4, -0.2) is 62.6 Å². The Bertz CT molecular complexity index is 509. The first kappa shape index (κ1) is 13.0. The molecule has 2 radical (unpaired) electrons. The number of anilines is 1. The Kier molecular flexibility index (Phi) is 3.35. The number of aromatic nitrogens is 3. The van der Waals surface area contributed by atoms with Crippen molar-refractivity contribution >= 4 is 19.5 Å². The van der Waals surface area contributed by atoms with Gasteiger partial charge >= 0.3 is 5.69 Å². The smallest absolute Gasteiger partial charge is 0.353 e. The third-order valence-electron chi connectivity index (χ3n) is 2.66. The van der Waals surface area contributed by atoms with Crippen LogP contribution >= 0.6 is 0 Å². The summed E-state index contributed by atoms with van der Waals surface area (Å²) in [5, 5.41) is 28.2. The zero-order valence-electron chi connectivity index (χ0n) is 9.17. The molecule has 1 saturated heterocycles. The lowest BCUT2D eigenvalue weighted by Gasteiger charge is -2.19. The highest BCUT2D eigenvalue weighted by atomic mass is 16.6. The van der Waals surface area contributed by atoms with Crippen LogP contribution in [0.25, 0.3) is 0 Å². The number of ether oxygens (including phenoxy) is 1. The first-order valence-corrected chi connectivity index (χ1v) is 5.09. The van der Waals surface area contributed by atoms with Crippen LogP contribution in [0.1, 0.15) is 6.23 Å². The number of aliphatic hydroxyl groups is 3. The van der Waals surface area contributed by atoms with E-state index in [9.17, 15) is 15.0 Å². The normalized spacial score (nSPS) is 31.7. The number of aliphatic hydroxyl groups excluding tert-OH is 3. The van der Waals surface area contributed by atoms with Crippen molar-refractivity contribution in [3.05, 3.63) is 10.5 Å². The molecule has 0 aliphatic carbocycles. The Morgan fingerprint density at radius 2 is 2.06 bits per heavy atom. The zero-order chi connectivity index (χ0) is 13.4. The lowest BCUT2D eigenvalue weighted by atomic mass is 10.1. The minimum Gasteiger partial charge on any atom is -0.394 e. The van der Waals surface area contributed by atoms with Gasteiger partial charge in [0.2, 0.25) is 5.95 Å². The Labute approximate surface area is 102 Å².